The Morgan fingerprint density at radius 2 is 1.92 bits per heavy atom. The third-order valence-corrected chi connectivity index (χ3v) is 6.84. The minimum atomic E-state index is -0.203. The summed E-state index contributed by atoms with van der Waals surface area (Å²) in [5.74, 6) is -0.203. The summed E-state index contributed by atoms with van der Waals surface area (Å²) in [6.07, 6.45) is 5.15. The number of ether oxygens (including phenoxy) is 1. The SMILES string of the molecule is COCC(=O)Nc1ccc(N2C(=S)NC(c3ccccn3)C2c2cc(C)n(-n3cnnc3)c2C)cc1C. The van der Waals surface area contributed by atoms with Crippen LogP contribution in [0.3, 0.4) is 0 Å². The van der Waals surface area contributed by atoms with E-state index in [4.69, 9.17) is 17.0 Å². The Morgan fingerprint density at radius 1 is 1.14 bits per heavy atom. The zero-order chi connectivity index (χ0) is 26.1. The highest BCUT2D eigenvalue weighted by Crippen LogP contribution is 2.43. The molecule has 1 aliphatic rings. The molecule has 4 heterocycles. The van der Waals surface area contributed by atoms with Gasteiger partial charge in [-0.15, -0.1) is 10.2 Å². The van der Waals surface area contributed by atoms with E-state index < -0.39 is 0 Å². The maximum Gasteiger partial charge on any atom is 0.250 e. The smallest absolute Gasteiger partial charge is 0.250 e. The molecule has 0 saturated carbocycles. The Bertz CT molecular complexity index is 1430. The molecule has 4 aromatic rings. The van der Waals surface area contributed by atoms with Crippen LogP contribution in [0.5, 0.6) is 0 Å². The molecule has 37 heavy (non-hydrogen) atoms. The molecule has 11 heteroatoms. The van der Waals surface area contributed by atoms with Crippen molar-refractivity contribution in [2.24, 2.45) is 0 Å². The van der Waals surface area contributed by atoms with Gasteiger partial charge in [-0.25, -0.2) is 4.68 Å². The molecule has 1 amide bonds. The number of anilines is 2. The Kier molecular flexibility index (Phi) is 6.72. The van der Waals surface area contributed by atoms with E-state index in [2.05, 4.69) is 55.3 Å². The zero-order valence-corrected chi connectivity index (χ0v) is 21.9. The molecule has 5 rings (SSSR count). The van der Waals surface area contributed by atoms with E-state index in [1.54, 1.807) is 18.9 Å². The lowest BCUT2D eigenvalue weighted by atomic mass is 9.96. The molecule has 1 aromatic carbocycles. The summed E-state index contributed by atoms with van der Waals surface area (Å²) >= 11 is 5.89. The minimum Gasteiger partial charge on any atom is -0.375 e. The van der Waals surface area contributed by atoms with Gasteiger partial charge in [-0.3, -0.25) is 14.5 Å². The number of aryl methyl sites for hydroxylation is 2. The molecule has 0 aliphatic carbocycles. The van der Waals surface area contributed by atoms with Gasteiger partial charge < -0.3 is 20.3 Å². The van der Waals surface area contributed by atoms with Crippen LogP contribution in [0, 0.1) is 20.8 Å². The van der Waals surface area contributed by atoms with Crippen molar-refractivity contribution in [1.82, 2.24) is 29.9 Å². The molecule has 1 fully saturated rings. The van der Waals surface area contributed by atoms with Gasteiger partial charge in [-0.1, -0.05) is 6.07 Å². The largest absolute Gasteiger partial charge is 0.375 e. The lowest BCUT2D eigenvalue weighted by molar-refractivity contribution is -0.119. The van der Waals surface area contributed by atoms with Crippen molar-refractivity contribution >= 4 is 34.6 Å². The fourth-order valence-electron chi connectivity index (χ4n) is 4.94. The Labute approximate surface area is 220 Å². The topological polar surface area (TPSA) is 102 Å². The fourth-order valence-corrected chi connectivity index (χ4v) is 5.28. The average Bonchev–Trinajstić information content (AvgIpc) is 3.59. The Hall–Kier alpha value is -4.09. The van der Waals surface area contributed by atoms with Crippen LogP contribution in [0.1, 0.15) is 40.3 Å². The van der Waals surface area contributed by atoms with Crippen LogP contribution >= 0.6 is 12.2 Å². The number of rotatable bonds is 7. The molecule has 0 radical (unpaired) electrons. The van der Waals surface area contributed by atoms with Crippen LogP contribution in [0.4, 0.5) is 11.4 Å². The van der Waals surface area contributed by atoms with E-state index in [1.807, 2.05) is 48.0 Å². The van der Waals surface area contributed by atoms with Gasteiger partial charge in [0.1, 0.15) is 19.3 Å². The van der Waals surface area contributed by atoms with Crippen LogP contribution in [0.2, 0.25) is 0 Å². The van der Waals surface area contributed by atoms with Gasteiger partial charge >= 0.3 is 0 Å². The van der Waals surface area contributed by atoms with Crippen LogP contribution < -0.4 is 15.5 Å². The van der Waals surface area contributed by atoms with Gasteiger partial charge in [0.25, 0.3) is 0 Å². The van der Waals surface area contributed by atoms with Crippen LogP contribution in [-0.2, 0) is 9.53 Å². The first-order chi connectivity index (χ1) is 17.9. The number of carbonyl (C=O) groups excluding carboxylic acids is 1. The van der Waals surface area contributed by atoms with E-state index >= 15 is 0 Å². The van der Waals surface area contributed by atoms with E-state index in [9.17, 15) is 4.79 Å². The second-order valence-electron chi connectivity index (χ2n) is 8.96. The minimum absolute atomic E-state index is 0.00277. The number of aromatic nitrogens is 5. The highest BCUT2D eigenvalue weighted by Gasteiger charge is 2.42. The lowest BCUT2D eigenvalue weighted by Gasteiger charge is -2.28. The summed E-state index contributed by atoms with van der Waals surface area (Å²) in [6.45, 7) is 6.09. The first-order valence-corrected chi connectivity index (χ1v) is 12.2. The number of benzene rings is 1. The molecule has 2 unspecified atom stereocenters. The summed E-state index contributed by atoms with van der Waals surface area (Å²) in [6, 6.07) is 13.6. The highest BCUT2D eigenvalue weighted by atomic mass is 32.1. The monoisotopic (exact) mass is 516 g/mol. The third-order valence-electron chi connectivity index (χ3n) is 6.53. The number of hydrogen-bond acceptors (Lipinski definition) is 6. The molecule has 10 nitrogen and oxygen atoms in total. The van der Waals surface area contributed by atoms with Crippen molar-refractivity contribution < 1.29 is 9.53 Å². The van der Waals surface area contributed by atoms with Crippen molar-refractivity contribution in [3.05, 3.63) is 89.5 Å². The fraction of sp³-hybridized carbons (Fsp3) is 0.269. The molecule has 1 aliphatic heterocycles. The van der Waals surface area contributed by atoms with E-state index in [0.717, 1.165) is 39.6 Å². The van der Waals surface area contributed by atoms with Gasteiger partial charge in [0.2, 0.25) is 5.91 Å². The number of amides is 1. The normalized spacial score (nSPS) is 17.2. The number of nitrogens with one attached hydrogen (secondary N) is 2. The van der Waals surface area contributed by atoms with Crippen molar-refractivity contribution in [2.75, 3.05) is 23.9 Å². The molecule has 1 saturated heterocycles. The number of methoxy groups -OCH3 is 1. The zero-order valence-electron chi connectivity index (χ0n) is 21.0. The molecule has 2 N–H and O–H groups in total. The Morgan fingerprint density at radius 3 is 2.59 bits per heavy atom. The van der Waals surface area contributed by atoms with Crippen molar-refractivity contribution in [3.8, 4) is 0 Å². The number of nitrogens with zero attached hydrogens (tertiary/aromatic N) is 6. The molecular formula is C26H28N8O2S. The van der Waals surface area contributed by atoms with E-state index in [1.165, 1.54) is 7.11 Å². The van der Waals surface area contributed by atoms with Crippen molar-refractivity contribution in [3.63, 3.8) is 0 Å². The van der Waals surface area contributed by atoms with Crippen LogP contribution in [0.25, 0.3) is 0 Å². The maximum atomic E-state index is 12.1. The third kappa shape index (κ3) is 4.58. The van der Waals surface area contributed by atoms with Gasteiger partial charge in [-0.2, -0.15) is 0 Å². The van der Waals surface area contributed by atoms with E-state index in [0.29, 0.717) is 5.11 Å². The standard InChI is InChI=1S/C26H28N8O2S/c1-16-11-19(8-9-21(16)30-23(35)13-36-4)33-25(24(31-26(33)37)22-7-5-6-10-27-22)20-12-17(2)34(18(20)3)32-14-28-29-15-32/h5-12,14-15,24-25H,13H2,1-4H3,(H,30,35)(H,31,37). The summed E-state index contributed by atoms with van der Waals surface area (Å²) in [5, 5.41) is 15.0. The molecule has 0 spiro atoms. The van der Waals surface area contributed by atoms with E-state index in [-0.39, 0.29) is 24.6 Å². The van der Waals surface area contributed by atoms with Crippen molar-refractivity contribution in [2.45, 2.75) is 32.9 Å². The molecular weight excluding hydrogens is 488 g/mol. The van der Waals surface area contributed by atoms with Gasteiger partial charge in [0.15, 0.2) is 5.11 Å². The second kappa shape index (κ2) is 10.1. The maximum absolute atomic E-state index is 12.1. The quantitative estimate of drug-likeness (QED) is 0.360. The van der Waals surface area contributed by atoms with Gasteiger partial charge in [0, 0.05) is 41.6 Å². The molecule has 190 valence electrons. The number of thiocarbonyl (C=S) groups is 1. The molecule has 0 bridgehead atoms. The first-order valence-electron chi connectivity index (χ1n) is 11.8. The van der Waals surface area contributed by atoms with Crippen LogP contribution in [0.15, 0.2) is 61.3 Å². The molecule has 2 atom stereocenters. The second-order valence-corrected chi connectivity index (χ2v) is 9.34. The predicted molar refractivity (Wildman–Crippen MR) is 144 cm³/mol. The number of carbonyl (C=O) groups is 1. The van der Waals surface area contributed by atoms with Crippen LogP contribution in [-0.4, -0.2) is 49.3 Å². The predicted octanol–water partition coefficient (Wildman–Crippen LogP) is 3.47. The summed E-state index contributed by atoms with van der Waals surface area (Å²) in [4.78, 5) is 18.8. The first kappa shape index (κ1) is 24.6. The average molecular weight is 517 g/mol. The highest BCUT2D eigenvalue weighted by molar-refractivity contribution is 7.80. The number of pyridine rings is 1. The summed E-state index contributed by atoms with van der Waals surface area (Å²) in [7, 11) is 1.50. The molecule has 3 aromatic heterocycles. The lowest BCUT2D eigenvalue weighted by Crippen LogP contribution is -2.29. The summed E-state index contributed by atoms with van der Waals surface area (Å²) < 4.78 is 8.87. The van der Waals surface area contributed by atoms with Gasteiger partial charge in [-0.05, 0) is 75.0 Å². The number of hydrogen-bond donors (Lipinski definition) is 2. The summed E-state index contributed by atoms with van der Waals surface area (Å²) in [5.41, 5.74) is 6.64. The van der Waals surface area contributed by atoms with Crippen molar-refractivity contribution in [1.29, 1.82) is 0 Å². The Balaban J connectivity index is 1.60. The van der Waals surface area contributed by atoms with Gasteiger partial charge in [0.05, 0.1) is 17.8 Å².